The third-order valence-corrected chi connectivity index (χ3v) is 3.22. The van der Waals surface area contributed by atoms with Gasteiger partial charge in [0, 0.05) is 0 Å². The Morgan fingerprint density at radius 3 is 1.92 bits per heavy atom. The van der Waals surface area contributed by atoms with Crippen LogP contribution in [0.25, 0.3) is 0 Å². The van der Waals surface area contributed by atoms with Gasteiger partial charge in [0.25, 0.3) is 0 Å². The molecule has 0 aliphatic heterocycles. The first kappa shape index (κ1) is 12.7. The topological polar surface area (TPSA) is 46.5 Å². The van der Waals surface area contributed by atoms with Crippen LogP contribution in [0.2, 0.25) is 0 Å². The standard InChI is InChI=1S/C9H17ClO3/c1-6(2)9(10,7(11)13-5)8(3,4)12/h6,12H,1-5H3. The van der Waals surface area contributed by atoms with Gasteiger partial charge in [0.15, 0.2) is 4.87 Å². The summed E-state index contributed by atoms with van der Waals surface area (Å²) in [5, 5.41) is 9.78. The van der Waals surface area contributed by atoms with Crippen molar-refractivity contribution in [3.8, 4) is 0 Å². The van der Waals surface area contributed by atoms with Crippen molar-refractivity contribution < 1.29 is 14.6 Å². The number of halogens is 1. The lowest BCUT2D eigenvalue weighted by molar-refractivity contribution is -0.153. The highest BCUT2D eigenvalue weighted by atomic mass is 35.5. The summed E-state index contributed by atoms with van der Waals surface area (Å²) in [7, 11) is 1.26. The molecule has 1 unspecified atom stereocenters. The van der Waals surface area contributed by atoms with Crippen LogP contribution >= 0.6 is 11.6 Å². The van der Waals surface area contributed by atoms with Crippen LogP contribution in [0.3, 0.4) is 0 Å². The zero-order valence-corrected chi connectivity index (χ0v) is 9.47. The minimum absolute atomic E-state index is 0.207. The van der Waals surface area contributed by atoms with E-state index in [4.69, 9.17) is 11.6 Å². The Morgan fingerprint density at radius 2 is 1.85 bits per heavy atom. The Hall–Kier alpha value is -0.280. The number of methoxy groups -OCH3 is 1. The van der Waals surface area contributed by atoms with Crippen molar-refractivity contribution in [3.05, 3.63) is 0 Å². The summed E-state index contributed by atoms with van der Waals surface area (Å²) in [5.41, 5.74) is -1.31. The molecule has 0 saturated heterocycles. The molecular weight excluding hydrogens is 192 g/mol. The molecule has 0 heterocycles. The first-order chi connectivity index (χ1) is 5.67. The molecule has 1 N–H and O–H groups in total. The predicted octanol–water partition coefficient (Wildman–Crippen LogP) is 1.56. The molecule has 0 amide bonds. The number of ether oxygens (including phenoxy) is 1. The lowest BCUT2D eigenvalue weighted by Crippen LogP contribution is -2.55. The third kappa shape index (κ3) is 2.15. The minimum Gasteiger partial charge on any atom is -0.468 e. The van der Waals surface area contributed by atoms with Crippen LogP contribution in [0.5, 0.6) is 0 Å². The molecule has 0 aliphatic carbocycles. The number of carbonyl (C=O) groups excluding carboxylic acids is 1. The Labute approximate surface area is 84.0 Å². The largest absolute Gasteiger partial charge is 0.468 e. The lowest BCUT2D eigenvalue weighted by Gasteiger charge is -2.38. The van der Waals surface area contributed by atoms with E-state index in [1.807, 2.05) is 0 Å². The molecule has 13 heavy (non-hydrogen) atoms. The Bertz CT molecular complexity index is 196. The number of hydrogen-bond donors (Lipinski definition) is 1. The highest BCUT2D eigenvalue weighted by Crippen LogP contribution is 2.37. The van der Waals surface area contributed by atoms with Crippen molar-refractivity contribution in [2.24, 2.45) is 5.92 Å². The Balaban J connectivity index is 5.08. The lowest BCUT2D eigenvalue weighted by atomic mass is 9.81. The van der Waals surface area contributed by atoms with E-state index in [1.165, 1.54) is 21.0 Å². The summed E-state index contributed by atoms with van der Waals surface area (Å²) >= 11 is 6.08. The maximum atomic E-state index is 11.4. The van der Waals surface area contributed by atoms with Crippen molar-refractivity contribution in [2.45, 2.75) is 38.2 Å². The van der Waals surface area contributed by atoms with E-state index in [2.05, 4.69) is 4.74 Å². The number of esters is 1. The average Bonchev–Trinajstić information content (AvgIpc) is 1.98. The van der Waals surface area contributed by atoms with Gasteiger partial charge in [0.2, 0.25) is 0 Å². The van der Waals surface area contributed by atoms with Gasteiger partial charge in [-0.2, -0.15) is 0 Å². The average molecular weight is 209 g/mol. The summed E-state index contributed by atoms with van der Waals surface area (Å²) in [6.07, 6.45) is 0. The van der Waals surface area contributed by atoms with E-state index in [-0.39, 0.29) is 5.92 Å². The third-order valence-electron chi connectivity index (χ3n) is 2.17. The number of hydrogen-bond acceptors (Lipinski definition) is 3. The van der Waals surface area contributed by atoms with Gasteiger partial charge in [-0.1, -0.05) is 13.8 Å². The highest BCUT2D eigenvalue weighted by molar-refractivity contribution is 6.35. The number of aliphatic hydroxyl groups is 1. The molecule has 0 aromatic heterocycles. The quantitative estimate of drug-likeness (QED) is 0.566. The van der Waals surface area contributed by atoms with Gasteiger partial charge in [0.05, 0.1) is 12.7 Å². The molecule has 1 atom stereocenters. The molecule has 0 aliphatic rings. The minimum atomic E-state index is -1.39. The molecule has 78 valence electrons. The van der Waals surface area contributed by atoms with Gasteiger partial charge in [-0.25, -0.2) is 0 Å². The molecule has 0 rings (SSSR count). The molecule has 0 radical (unpaired) electrons. The number of rotatable bonds is 3. The maximum Gasteiger partial charge on any atom is 0.330 e. The van der Waals surface area contributed by atoms with Crippen LogP contribution < -0.4 is 0 Å². The van der Waals surface area contributed by atoms with E-state index in [9.17, 15) is 9.90 Å². The highest BCUT2D eigenvalue weighted by Gasteiger charge is 2.52. The summed E-state index contributed by atoms with van der Waals surface area (Å²) in [6, 6.07) is 0. The van der Waals surface area contributed by atoms with Gasteiger partial charge in [-0.3, -0.25) is 4.79 Å². The predicted molar refractivity (Wildman–Crippen MR) is 51.7 cm³/mol. The van der Waals surface area contributed by atoms with E-state index < -0.39 is 16.4 Å². The van der Waals surface area contributed by atoms with Gasteiger partial charge in [0.1, 0.15) is 0 Å². The zero-order valence-electron chi connectivity index (χ0n) is 8.72. The van der Waals surface area contributed by atoms with Gasteiger partial charge < -0.3 is 9.84 Å². The molecule has 0 spiro atoms. The normalized spacial score (nSPS) is 16.9. The molecule has 0 aromatic rings. The van der Waals surface area contributed by atoms with E-state index in [0.717, 1.165) is 0 Å². The first-order valence-corrected chi connectivity index (χ1v) is 4.55. The summed E-state index contributed by atoms with van der Waals surface area (Å²) in [6.45, 7) is 6.53. The van der Waals surface area contributed by atoms with Crippen molar-refractivity contribution >= 4 is 17.6 Å². The fourth-order valence-corrected chi connectivity index (χ4v) is 1.42. The fourth-order valence-electron chi connectivity index (χ4n) is 1.34. The van der Waals surface area contributed by atoms with Crippen LogP contribution in [0.15, 0.2) is 0 Å². The summed E-state index contributed by atoms with van der Waals surface area (Å²) in [4.78, 5) is 10.0. The van der Waals surface area contributed by atoms with E-state index in [1.54, 1.807) is 13.8 Å². The van der Waals surface area contributed by atoms with E-state index in [0.29, 0.717) is 0 Å². The summed E-state index contributed by atoms with van der Waals surface area (Å²) in [5.74, 6) is -0.807. The Morgan fingerprint density at radius 1 is 1.46 bits per heavy atom. The molecule has 0 bridgehead atoms. The van der Waals surface area contributed by atoms with Gasteiger partial charge in [-0.15, -0.1) is 11.6 Å². The molecule has 0 aromatic carbocycles. The van der Waals surface area contributed by atoms with Crippen LogP contribution in [0.1, 0.15) is 27.7 Å². The smallest absolute Gasteiger partial charge is 0.330 e. The molecule has 4 heteroatoms. The second-order valence-corrected chi connectivity index (χ2v) is 4.51. The van der Waals surface area contributed by atoms with E-state index >= 15 is 0 Å². The number of alkyl halides is 1. The SMILES string of the molecule is COC(=O)C(Cl)(C(C)C)C(C)(C)O. The van der Waals surface area contributed by atoms with Crippen molar-refractivity contribution in [3.63, 3.8) is 0 Å². The Kier molecular flexibility index (Phi) is 3.76. The van der Waals surface area contributed by atoms with Crippen LogP contribution in [0, 0.1) is 5.92 Å². The molecule has 0 fully saturated rings. The maximum absolute atomic E-state index is 11.4. The second-order valence-electron chi connectivity index (χ2n) is 3.92. The second kappa shape index (κ2) is 3.84. The fraction of sp³-hybridized carbons (Fsp3) is 0.889. The van der Waals surface area contributed by atoms with Gasteiger partial charge >= 0.3 is 5.97 Å². The monoisotopic (exact) mass is 208 g/mol. The van der Waals surface area contributed by atoms with Crippen molar-refractivity contribution in [1.29, 1.82) is 0 Å². The van der Waals surface area contributed by atoms with Crippen LogP contribution in [-0.4, -0.2) is 28.7 Å². The summed E-state index contributed by atoms with van der Waals surface area (Å²) < 4.78 is 4.57. The zero-order chi connectivity index (χ0) is 10.9. The van der Waals surface area contributed by atoms with Crippen LogP contribution in [-0.2, 0) is 9.53 Å². The van der Waals surface area contributed by atoms with Crippen molar-refractivity contribution in [1.82, 2.24) is 0 Å². The molecular formula is C9H17ClO3. The van der Waals surface area contributed by atoms with Gasteiger partial charge in [-0.05, 0) is 19.8 Å². The van der Waals surface area contributed by atoms with Crippen LogP contribution in [0.4, 0.5) is 0 Å². The molecule has 0 saturated carbocycles. The first-order valence-electron chi connectivity index (χ1n) is 4.17. The number of carbonyl (C=O) groups is 1. The molecule has 3 nitrogen and oxygen atoms in total. The van der Waals surface area contributed by atoms with Crippen molar-refractivity contribution in [2.75, 3.05) is 7.11 Å².